The number of aryl methyl sites for hydroxylation is 2. The zero-order valence-corrected chi connectivity index (χ0v) is 13.1. The molecule has 0 radical (unpaired) electrons. The predicted molar refractivity (Wildman–Crippen MR) is 81.9 cm³/mol. The van der Waals surface area contributed by atoms with Crippen molar-refractivity contribution in [2.45, 2.75) is 52.7 Å². The molecular weight excluding hydrogens is 252 g/mol. The van der Waals surface area contributed by atoms with Gasteiger partial charge in [0.1, 0.15) is 5.75 Å². The van der Waals surface area contributed by atoms with E-state index in [9.17, 15) is 4.79 Å². The Hall–Kier alpha value is -1.55. The van der Waals surface area contributed by atoms with Crippen molar-refractivity contribution in [3.05, 3.63) is 29.3 Å². The van der Waals surface area contributed by atoms with Gasteiger partial charge in [0.2, 0.25) is 5.91 Å². The lowest BCUT2D eigenvalue weighted by Crippen LogP contribution is -2.55. The monoisotopic (exact) mass is 278 g/mol. The van der Waals surface area contributed by atoms with Gasteiger partial charge in [-0.05, 0) is 57.5 Å². The van der Waals surface area contributed by atoms with E-state index >= 15 is 0 Å². The van der Waals surface area contributed by atoms with Crippen LogP contribution in [0.2, 0.25) is 0 Å². The zero-order valence-electron chi connectivity index (χ0n) is 13.1. The first-order chi connectivity index (χ1) is 9.28. The van der Waals surface area contributed by atoms with Crippen LogP contribution in [0, 0.1) is 13.8 Å². The van der Waals surface area contributed by atoms with E-state index in [0.29, 0.717) is 13.0 Å². The quantitative estimate of drug-likeness (QED) is 0.804. The Morgan fingerprint density at radius 1 is 1.40 bits per heavy atom. The lowest BCUT2D eigenvalue weighted by molar-refractivity contribution is -0.124. The summed E-state index contributed by atoms with van der Waals surface area (Å²) in [7, 11) is 0. The van der Waals surface area contributed by atoms with E-state index in [1.165, 1.54) is 11.1 Å². The highest BCUT2D eigenvalue weighted by Crippen LogP contribution is 2.21. The number of carbonyl (C=O) groups is 1. The maximum atomic E-state index is 11.6. The second kappa shape index (κ2) is 6.75. The van der Waals surface area contributed by atoms with Crippen LogP contribution in [0.3, 0.4) is 0 Å². The molecule has 4 heteroatoms. The lowest BCUT2D eigenvalue weighted by Gasteiger charge is -2.30. The number of rotatable bonds is 7. The van der Waals surface area contributed by atoms with E-state index in [-0.39, 0.29) is 12.0 Å². The molecule has 0 aromatic heterocycles. The van der Waals surface area contributed by atoms with Crippen LogP contribution in [0.15, 0.2) is 18.2 Å². The first-order valence-electron chi connectivity index (χ1n) is 7.07. The van der Waals surface area contributed by atoms with Crippen molar-refractivity contribution in [1.82, 2.24) is 5.32 Å². The molecule has 1 aromatic carbocycles. The molecule has 0 aliphatic heterocycles. The normalized spacial score (nSPS) is 15.4. The van der Waals surface area contributed by atoms with Gasteiger partial charge in [-0.25, -0.2) is 0 Å². The average Bonchev–Trinajstić information content (AvgIpc) is 2.33. The van der Waals surface area contributed by atoms with Gasteiger partial charge in [0.05, 0.1) is 11.6 Å². The van der Waals surface area contributed by atoms with Gasteiger partial charge < -0.3 is 15.8 Å². The van der Waals surface area contributed by atoms with Crippen molar-refractivity contribution >= 4 is 5.91 Å². The Morgan fingerprint density at radius 3 is 2.55 bits per heavy atom. The summed E-state index contributed by atoms with van der Waals surface area (Å²) in [6.07, 6.45) is 0.428. The molecule has 1 aromatic rings. The zero-order chi connectivity index (χ0) is 15.3. The van der Waals surface area contributed by atoms with Crippen LogP contribution < -0.4 is 15.8 Å². The molecule has 0 bridgehead atoms. The highest BCUT2D eigenvalue weighted by Gasteiger charge is 2.32. The van der Waals surface area contributed by atoms with Crippen LogP contribution in [0.25, 0.3) is 0 Å². The molecule has 0 saturated carbocycles. The summed E-state index contributed by atoms with van der Waals surface area (Å²) in [5, 5.41) is 3.14. The van der Waals surface area contributed by atoms with Crippen LogP contribution in [0.5, 0.6) is 5.75 Å². The summed E-state index contributed by atoms with van der Waals surface area (Å²) >= 11 is 0. The average molecular weight is 278 g/mol. The van der Waals surface area contributed by atoms with Gasteiger partial charge in [-0.3, -0.25) is 4.79 Å². The highest BCUT2D eigenvalue weighted by molar-refractivity contribution is 5.84. The van der Waals surface area contributed by atoms with Gasteiger partial charge >= 0.3 is 0 Å². The second-order valence-corrected chi connectivity index (χ2v) is 5.61. The SMILES string of the molecule is CCNC(C)(CC(C)Oc1ccc(C)c(C)c1)C(N)=O. The lowest BCUT2D eigenvalue weighted by atomic mass is 9.94. The van der Waals surface area contributed by atoms with E-state index in [1.54, 1.807) is 0 Å². The topological polar surface area (TPSA) is 64.3 Å². The Bertz CT molecular complexity index is 474. The number of hydrogen-bond acceptors (Lipinski definition) is 3. The first-order valence-corrected chi connectivity index (χ1v) is 7.07. The van der Waals surface area contributed by atoms with Gasteiger partial charge in [-0.2, -0.15) is 0 Å². The minimum absolute atomic E-state index is 0.103. The summed E-state index contributed by atoms with van der Waals surface area (Å²) in [5.74, 6) is 0.471. The fraction of sp³-hybridized carbons (Fsp3) is 0.562. The fourth-order valence-electron chi connectivity index (χ4n) is 2.29. The third-order valence-corrected chi connectivity index (χ3v) is 3.62. The number of likely N-dealkylation sites (N-methyl/N-ethyl adjacent to an activating group) is 1. The van der Waals surface area contributed by atoms with Crippen molar-refractivity contribution in [2.75, 3.05) is 6.54 Å². The van der Waals surface area contributed by atoms with Gasteiger partial charge in [0.25, 0.3) is 0 Å². The molecule has 1 amide bonds. The van der Waals surface area contributed by atoms with Crippen molar-refractivity contribution in [3.63, 3.8) is 0 Å². The van der Waals surface area contributed by atoms with Gasteiger partial charge in [-0.15, -0.1) is 0 Å². The molecule has 20 heavy (non-hydrogen) atoms. The van der Waals surface area contributed by atoms with Gasteiger partial charge in [0.15, 0.2) is 0 Å². The molecule has 1 rings (SSSR count). The summed E-state index contributed by atoms with van der Waals surface area (Å²) < 4.78 is 5.89. The third kappa shape index (κ3) is 4.23. The minimum atomic E-state index is -0.742. The third-order valence-electron chi connectivity index (χ3n) is 3.62. The molecular formula is C16H26N2O2. The molecule has 2 unspecified atom stereocenters. The summed E-state index contributed by atoms with van der Waals surface area (Å²) in [6.45, 7) is 10.5. The Kier molecular flexibility index (Phi) is 5.57. The Balaban J connectivity index is 2.72. The second-order valence-electron chi connectivity index (χ2n) is 5.61. The number of ether oxygens (including phenoxy) is 1. The summed E-state index contributed by atoms with van der Waals surface area (Å²) in [5.41, 5.74) is 7.17. The Labute approximate surface area is 121 Å². The molecule has 112 valence electrons. The molecule has 2 atom stereocenters. The van der Waals surface area contributed by atoms with Gasteiger partial charge in [0, 0.05) is 6.42 Å². The van der Waals surface area contributed by atoms with Crippen LogP contribution in [-0.4, -0.2) is 24.1 Å². The molecule has 4 nitrogen and oxygen atoms in total. The highest BCUT2D eigenvalue weighted by atomic mass is 16.5. The number of primary amides is 1. The van der Waals surface area contributed by atoms with Crippen molar-refractivity contribution in [2.24, 2.45) is 5.73 Å². The van der Waals surface area contributed by atoms with E-state index in [4.69, 9.17) is 10.5 Å². The van der Waals surface area contributed by atoms with Crippen molar-refractivity contribution in [3.8, 4) is 5.75 Å². The molecule has 0 heterocycles. The van der Waals surface area contributed by atoms with E-state index in [2.05, 4.69) is 19.2 Å². The molecule has 0 aliphatic carbocycles. The number of benzene rings is 1. The van der Waals surface area contributed by atoms with Crippen LogP contribution >= 0.6 is 0 Å². The largest absolute Gasteiger partial charge is 0.491 e. The molecule has 0 aliphatic rings. The minimum Gasteiger partial charge on any atom is -0.491 e. The van der Waals surface area contributed by atoms with Gasteiger partial charge in [-0.1, -0.05) is 13.0 Å². The standard InChI is InChI=1S/C16H26N2O2/c1-6-18-16(5,15(17)19)10-13(4)20-14-8-7-11(2)12(3)9-14/h7-9,13,18H,6,10H2,1-5H3,(H2,17,19). The molecule has 0 fully saturated rings. The van der Waals surface area contributed by atoms with Crippen LogP contribution in [0.4, 0.5) is 0 Å². The number of nitrogens with two attached hydrogens (primary N) is 1. The van der Waals surface area contributed by atoms with E-state index < -0.39 is 5.54 Å². The van der Waals surface area contributed by atoms with Crippen molar-refractivity contribution in [1.29, 1.82) is 0 Å². The molecule has 0 spiro atoms. The predicted octanol–water partition coefficient (Wildman–Crippen LogP) is 2.31. The maximum absolute atomic E-state index is 11.6. The maximum Gasteiger partial charge on any atom is 0.237 e. The smallest absolute Gasteiger partial charge is 0.237 e. The number of amides is 1. The number of carbonyl (C=O) groups excluding carboxylic acids is 1. The number of nitrogens with one attached hydrogen (secondary N) is 1. The molecule has 0 saturated heterocycles. The number of hydrogen-bond donors (Lipinski definition) is 2. The fourth-order valence-corrected chi connectivity index (χ4v) is 2.29. The summed E-state index contributed by atoms with van der Waals surface area (Å²) in [6, 6.07) is 6.00. The Morgan fingerprint density at radius 2 is 2.05 bits per heavy atom. The van der Waals surface area contributed by atoms with Crippen LogP contribution in [0.1, 0.15) is 38.3 Å². The van der Waals surface area contributed by atoms with E-state index in [1.807, 2.05) is 39.0 Å². The summed E-state index contributed by atoms with van der Waals surface area (Å²) in [4.78, 5) is 11.6. The van der Waals surface area contributed by atoms with Crippen LogP contribution in [-0.2, 0) is 4.79 Å². The van der Waals surface area contributed by atoms with E-state index in [0.717, 1.165) is 5.75 Å². The first kappa shape index (κ1) is 16.5. The molecule has 3 N–H and O–H groups in total. The van der Waals surface area contributed by atoms with Crippen molar-refractivity contribution < 1.29 is 9.53 Å².